The van der Waals surface area contributed by atoms with Crippen molar-refractivity contribution < 1.29 is 4.79 Å². The Morgan fingerprint density at radius 1 is 1.08 bits per heavy atom. The van der Waals surface area contributed by atoms with Crippen LogP contribution in [0.2, 0.25) is 0 Å². The molecule has 2 aromatic rings. The van der Waals surface area contributed by atoms with E-state index < -0.39 is 0 Å². The molecule has 5 nitrogen and oxygen atoms in total. The van der Waals surface area contributed by atoms with Crippen LogP contribution in [0.1, 0.15) is 11.1 Å². The molecule has 1 aliphatic heterocycles. The van der Waals surface area contributed by atoms with Gasteiger partial charge in [-0.15, -0.1) is 0 Å². The van der Waals surface area contributed by atoms with Crippen LogP contribution in [0.5, 0.6) is 0 Å². The highest BCUT2D eigenvalue weighted by atomic mass is 16.2. The summed E-state index contributed by atoms with van der Waals surface area (Å²) in [5.74, 6) is 0.632. The summed E-state index contributed by atoms with van der Waals surface area (Å²) in [7, 11) is 0. The van der Waals surface area contributed by atoms with Crippen LogP contribution in [0.25, 0.3) is 0 Å². The molecule has 0 aliphatic carbocycles. The Kier molecular flexibility index (Phi) is 5.56. The van der Waals surface area contributed by atoms with Crippen LogP contribution in [0.3, 0.4) is 0 Å². The van der Waals surface area contributed by atoms with E-state index in [4.69, 9.17) is 0 Å². The quantitative estimate of drug-likeness (QED) is 0.915. The zero-order valence-electron chi connectivity index (χ0n) is 14.1. The van der Waals surface area contributed by atoms with Gasteiger partial charge < -0.3 is 5.32 Å². The molecule has 1 saturated heterocycles. The van der Waals surface area contributed by atoms with Gasteiger partial charge in [-0.2, -0.15) is 0 Å². The predicted octanol–water partition coefficient (Wildman–Crippen LogP) is 2.15. The molecule has 1 aromatic carbocycles. The number of nitrogens with one attached hydrogen (secondary N) is 1. The largest absolute Gasteiger partial charge is 0.310 e. The predicted molar refractivity (Wildman–Crippen MR) is 95.8 cm³/mol. The molecule has 0 spiro atoms. The van der Waals surface area contributed by atoms with Gasteiger partial charge in [-0.05, 0) is 30.2 Å². The van der Waals surface area contributed by atoms with Gasteiger partial charge in [-0.1, -0.05) is 30.3 Å². The van der Waals surface area contributed by atoms with E-state index in [0.29, 0.717) is 12.4 Å². The SMILES string of the molecule is Cc1ccnc(NC(=O)CN2CCN(Cc3ccccc3)CC2)c1. The maximum absolute atomic E-state index is 12.2. The lowest BCUT2D eigenvalue weighted by Gasteiger charge is -2.34. The molecular formula is C19H24N4O. The fourth-order valence-electron chi connectivity index (χ4n) is 2.94. The summed E-state index contributed by atoms with van der Waals surface area (Å²) >= 11 is 0. The summed E-state index contributed by atoms with van der Waals surface area (Å²) in [6, 6.07) is 14.3. The van der Waals surface area contributed by atoms with E-state index in [1.807, 2.05) is 25.1 Å². The minimum atomic E-state index is 0.00427. The molecule has 0 atom stereocenters. The van der Waals surface area contributed by atoms with Crippen molar-refractivity contribution in [1.29, 1.82) is 0 Å². The summed E-state index contributed by atoms with van der Waals surface area (Å²) in [6.07, 6.45) is 1.72. The molecular weight excluding hydrogens is 300 g/mol. The summed E-state index contributed by atoms with van der Waals surface area (Å²) in [6.45, 7) is 7.21. The van der Waals surface area contributed by atoms with Gasteiger partial charge in [0.05, 0.1) is 6.54 Å². The van der Waals surface area contributed by atoms with E-state index in [2.05, 4.69) is 44.4 Å². The highest BCUT2D eigenvalue weighted by Gasteiger charge is 2.19. The topological polar surface area (TPSA) is 48.5 Å². The average molecular weight is 324 g/mol. The second kappa shape index (κ2) is 8.04. The minimum Gasteiger partial charge on any atom is -0.310 e. The van der Waals surface area contributed by atoms with E-state index in [9.17, 15) is 4.79 Å². The summed E-state index contributed by atoms with van der Waals surface area (Å²) in [4.78, 5) is 21.0. The Morgan fingerprint density at radius 2 is 1.79 bits per heavy atom. The van der Waals surface area contributed by atoms with Crippen molar-refractivity contribution in [3.63, 3.8) is 0 Å². The smallest absolute Gasteiger partial charge is 0.239 e. The maximum Gasteiger partial charge on any atom is 0.239 e. The number of anilines is 1. The average Bonchev–Trinajstić information content (AvgIpc) is 2.57. The Labute approximate surface area is 143 Å². The molecule has 1 N–H and O–H groups in total. The van der Waals surface area contributed by atoms with Gasteiger partial charge in [0.2, 0.25) is 5.91 Å². The van der Waals surface area contributed by atoms with Crippen LogP contribution in [-0.4, -0.2) is 53.4 Å². The zero-order chi connectivity index (χ0) is 16.8. The number of aryl methyl sites for hydroxylation is 1. The minimum absolute atomic E-state index is 0.00427. The third-order valence-corrected chi connectivity index (χ3v) is 4.26. The van der Waals surface area contributed by atoms with Gasteiger partial charge in [0.1, 0.15) is 5.82 Å². The third-order valence-electron chi connectivity index (χ3n) is 4.26. The number of piperazine rings is 1. The number of carbonyl (C=O) groups is 1. The highest BCUT2D eigenvalue weighted by Crippen LogP contribution is 2.09. The Hall–Kier alpha value is -2.24. The molecule has 5 heteroatoms. The van der Waals surface area contributed by atoms with E-state index >= 15 is 0 Å². The molecule has 1 amide bonds. The monoisotopic (exact) mass is 324 g/mol. The van der Waals surface area contributed by atoms with E-state index in [0.717, 1.165) is 38.3 Å². The number of nitrogens with zero attached hydrogens (tertiary/aromatic N) is 3. The number of benzene rings is 1. The zero-order valence-corrected chi connectivity index (χ0v) is 14.1. The van der Waals surface area contributed by atoms with Crippen LogP contribution in [0.4, 0.5) is 5.82 Å². The van der Waals surface area contributed by atoms with Crippen molar-refractivity contribution in [2.75, 3.05) is 38.0 Å². The molecule has 1 aliphatic rings. The van der Waals surface area contributed by atoms with Gasteiger partial charge >= 0.3 is 0 Å². The molecule has 2 heterocycles. The number of amides is 1. The molecule has 0 bridgehead atoms. The molecule has 3 rings (SSSR count). The molecule has 24 heavy (non-hydrogen) atoms. The number of rotatable bonds is 5. The van der Waals surface area contributed by atoms with Gasteiger partial charge in [0.25, 0.3) is 0 Å². The number of hydrogen-bond acceptors (Lipinski definition) is 4. The van der Waals surface area contributed by atoms with Gasteiger partial charge in [0, 0.05) is 38.9 Å². The first-order valence-corrected chi connectivity index (χ1v) is 8.40. The van der Waals surface area contributed by atoms with Gasteiger partial charge in [0.15, 0.2) is 0 Å². The Bertz CT molecular complexity index is 666. The second-order valence-electron chi connectivity index (χ2n) is 6.30. The van der Waals surface area contributed by atoms with Crippen molar-refractivity contribution in [1.82, 2.24) is 14.8 Å². The van der Waals surface area contributed by atoms with Crippen LogP contribution in [-0.2, 0) is 11.3 Å². The molecule has 1 fully saturated rings. The van der Waals surface area contributed by atoms with Crippen molar-refractivity contribution >= 4 is 11.7 Å². The fourth-order valence-corrected chi connectivity index (χ4v) is 2.94. The lowest BCUT2D eigenvalue weighted by Crippen LogP contribution is -2.48. The number of aromatic nitrogens is 1. The second-order valence-corrected chi connectivity index (χ2v) is 6.30. The molecule has 0 unspecified atom stereocenters. The molecule has 0 radical (unpaired) electrons. The van der Waals surface area contributed by atoms with E-state index in [1.54, 1.807) is 6.20 Å². The Morgan fingerprint density at radius 3 is 2.50 bits per heavy atom. The Balaban J connectivity index is 1.42. The lowest BCUT2D eigenvalue weighted by atomic mass is 10.2. The van der Waals surface area contributed by atoms with Crippen LogP contribution in [0.15, 0.2) is 48.7 Å². The first-order chi connectivity index (χ1) is 11.7. The fraction of sp³-hybridized carbons (Fsp3) is 0.368. The van der Waals surface area contributed by atoms with Gasteiger partial charge in [-0.25, -0.2) is 4.98 Å². The number of pyridine rings is 1. The maximum atomic E-state index is 12.2. The van der Waals surface area contributed by atoms with Crippen molar-refractivity contribution in [3.05, 3.63) is 59.8 Å². The summed E-state index contributed by atoms with van der Waals surface area (Å²) in [5, 5.41) is 2.88. The lowest BCUT2D eigenvalue weighted by molar-refractivity contribution is -0.117. The summed E-state index contributed by atoms with van der Waals surface area (Å²) < 4.78 is 0. The number of hydrogen-bond donors (Lipinski definition) is 1. The molecule has 126 valence electrons. The van der Waals surface area contributed by atoms with Crippen LogP contribution < -0.4 is 5.32 Å². The van der Waals surface area contributed by atoms with E-state index in [-0.39, 0.29) is 5.91 Å². The highest BCUT2D eigenvalue weighted by molar-refractivity contribution is 5.91. The van der Waals surface area contributed by atoms with Crippen molar-refractivity contribution in [2.24, 2.45) is 0 Å². The standard InChI is InChI=1S/C19H24N4O/c1-16-7-8-20-18(13-16)21-19(24)15-23-11-9-22(10-12-23)14-17-5-3-2-4-6-17/h2-8,13H,9-12,14-15H2,1H3,(H,20,21,24). The normalized spacial score (nSPS) is 16.0. The first kappa shape index (κ1) is 16.6. The van der Waals surface area contributed by atoms with Crippen molar-refractivity contribution in [3.8, 4) is 0 Å². The third kappa shape index (κ3) is 4.88. The van der Waals surface area contributed by atoms with Crippen molar-refractivity contribution in [2.45, 2.75) is 13.5 Å². The molecule has 0 saturated carbocycles. The summed E-state index contributed by atoms with van der Waals surface area (Å²) in [5.41, 5.74) is 2.43. The van der Waals surface area contributed by atoms with Crippen LogP contribution >= 0.6 is 0 Å². The molecule has 1 aromatic heterocycles. The van der Waals surface area contributed by atoms with Crippen LogP contribution in [0, 0.1) is 6.92 Å². The van der Waals surface area contributed by atoms with E-state index in [1.165, 1.54) is 5.56 Å². The first-order valence-electron chi connectivity index (χ1n) is 8.40. The van der Waals surface area contributed by atoms with Gasteiger partial charge in [-0.3, -0.25) is 14.6 Å². The number of carbonyl (C=O) groups excluding carboxylic acids is 1.